The minimum Gasteiger partial charge on any atom is -0.362 e. The number of rotatable bonds is 0. The van der Waals surface area contributed by atoms with Gasteiger partial charge in [0.15, 0.2) is 0 Å². The quantitative estimate of drug-likeness (QED) is 0.555. The second-order valence-corrected chi connectivity index (χ2v) is 2.54. The van der Waals surface area contributed by atoms with E-state index in [1.807, 2.05) is 13.1 Å². The van der Waals surface area contributed by atoms with Gasteiger partial charge in [-0.25, -0.2) is 0 Å². The molecule has 0 amide bonds. The van der Waals surface area contributed by atoms with Crippen LogP contribution in [0.1, 0.15) is 13.3 Å². The third-order valence-electron chi connectivity index (χ3n) is 1.61. The van der Waals surface area contributed by atoms with Crippen LogP contribution in [0.5, 0.6) is 0 Å². The fourth-order valence-electron chi connectivity index (χ4n) is 0.812. The number of hydrogen-bond donors (Lipinski definition) is 1. The molecule has 58 valence electrons. The number of allylic oxidation sites excluding steroid dienone is 5. The highest BCUT2D eigenvalue weighted by molar-refractivity contribution is 5.30. The molecule has 0 bridgehead atoms. The molecular weight excluding hydrogens is 134 g/mol. The van der Waals surface area contributed by atoms with Gasteiger partial charge in [-0.2, -0.15) is 0 Å². The van der Waals surface area contributed by atoms with Crippen molar-refractivity contribution in [2.75, 3.05) is 0 Å². The van der Waals surface area contributed by atoms with Crippen LogP contribution in [0.2, 0.25) is 0 Å². The zero-order chi connectivity index (χ0) is 8.10. The third kappa shape index (κ3) is 2.46. The normalized spacial score (nSPS) is 28.5. The van der Waals surface area contributed by atoms with Crippen molar-refractivity contribution >= 4 is 0 Å². The molecule has 0 aromatic rings. The third-order valence-corrected chi connectivity index (χ3v) is 1.61. The average Bonchev–Trinajstić information content (AvgIpc) is 2.07. The van der Waals surface area contributed by atoms with Crippen LogP contribution >= 0.6 is 0 Å². The Morgan fingerprint density at radius 1 is 1.45 bits per heavy atom. The Bertz CT molecular complexity index is 231. The molecule has 0 saturated heterocycles. The molecule has 1 nitrogen and oxygen atoms in total. The summed E-state index contributed by atoms with van der Waals surface area (Å²) in [5.74, 6) is 0. The molecule has 11 heavy (non-hydrogen) atoms. The summed E-state index contributed by atoms with van der Waals surface area (Å²) in [7, 11) is 0. The smallest absolute Gasteiger partial charge is 0.0336 e. The molecule has 1 heteroatoms. The van der Waals surface area contributed by atoms with E-state index in [2.05, 4.69) is 36.2 Å². The molecule has 0 unspecified atom stereocenters. The second-order valence-electron chi connectivity index (χ2n) is 2.54. The summed E-state index contributed by atoms with van der Waals surface area (Å²) in [4.78, 5) is 0. The first-order valence-electron chi connectivity index (χ1n) is 3.75. The van der Waals surface area contributed by atoms with Crippen LogP contribution in [0.15, 0.2) is 48.4 Å². The van der Waals surface area contributed by atoms with E-state index in [0.29, 0.717) is 0 Å². The van der Waals surface area contributed by atoms with Gasteiger partial charge in [0.05, 0.1) is 0 Å². The first-order valence-corrected chi connectivity index (χ1v) is 3.75. The Morgan fingerprint density at radius 3 is 3.09 bits per heavy atom. The van der Waals surface area contributed by atoms with Crippen LogP contribution in [0.3, 0.4) is 0 Å². The van der Waals surface area contributed by atoms with Gasteiger partial charge in [-0.1, -0.05) is 30.9 Å². The monoisotopic (exact) mass is 147 g/mol. The predicted octanol–water partition coefficient (Wildman–Crippen LogP) is 2.51. The van der Waals surface area contributed by atoms with E-state index in [1.54, 1.807) is 0 Å². The topological polar surface area (TPSA) is 12.0 Å². The number of nitrogens with one attached hydrogen (secondary N) is 1. The van der Waals surface area contributed by atoms with Crippen molar-refractivity contribution in [2.24, 2.45) is 0 Å². The highest BCUT2D eigenvalue weighted by Crippen LogP contribution is 2.04. The van der Waals surface area contributed by atoms with Crippen molar-refractivity contribution in [2.45, 2.75) is 13.3 Å². The van der Waals surface area contributed by atoms with Gasteiger partial charge in [-0.3, -0.25) is 0 Å². The van der Waals surface area contributed by atoms with Gasteiger partial charge in [-0.05, 0) is 25.1 Å². The molecule has 0 aromatic heterocycles. The van der Waals surface area contributed by atoms with Gasteiger partial charge in [-0.15, -0.1) is 0 Å². The molecule has 1 rings (SSSR count). The van der Waals surface area contributed by atoms with Crippen LogP contribution < -0.4 is 5.32 Å². The summed E-state index contributed by atoms with van der Waals surface area (Å²) in [6.07, 6.45) is 11.2. The lowest BCUT2D eigenvalue weighted by molar-refractivity contribution is 1.07. The zero-order valence-electron chi connectivity index (χ0n) is 6.80. The van der Waals surface area contributed by atoms with Crippen molar-refractivity contribution in [3.63, 3.8) is 0 Å². The molecule has 1 aliphatic heterocycles. The van der Waals surface area contributed by atoms with E-state index in [4.69, 9.17) is 0 Å². The van der Waals surface area contributed by atoms with Crippen LogP contribution in [0, 0.1) is 0 Å². The molecule has 0 aromatic carbocycles. The van der Waals surface area contributed by atoms with Crippen molar-refractivity contribution in [1.29, 1.82) is 0 Å². The lowest BCUT2D eigenvalue weighted by atomic mass is 10.2. The first kappa shape index (κ1) is 7.86. The Kier molecular flexibility index (Phi) is 2.73. The Hall–Kier alpha value is -1.24. The van der Waals surface area contributed by atoms with E-state index in [-0.39, 0.29) is 0 Å². The van der Waals surface area contributed by atoms with Crippen molar-refractivity contribution in [3.05, 3.63) is 48.4 Å². The van der Waals surface area contributed by atoms with Gasteiger partial charge in [0.1, 0.15) is 0 Å². The lowest BCUT2D eigenvalue weighted by Crippen LogP contribution is -2.03. The highest BCUT2D eigenvalue weighted by Gasteiger charge is 1.91. The molecular formula is C10H13N. The molecule has 1 N–H and O–H groups in total. The van der Waals surface area contributed by atoms with E-state index in [9.17, 15) is 0 Å². The van der Waals surface area contributed by atoms with Crippen LogP contribution in [0.4, 0.5) is 0 Å². The summed E-state index contributed by atoms with van der Waals surface area (Å²) in [6.45, 7) is 5.91. The van der Waals surface area contributed by atoms with E-state index in [0.717, 1.165) is 12.1 Å². The SMILES string of the molecule is C=C1N/C=C\C/C=C\C=C/1C. The Morgan fingerprint density at radius 2 is 2.27 bits per heavy atom. The van der Waals surface area contributed by atoms with Gasteiger partial charge >= 0.3 is 0 Å². The zero-order valence-corrected chi connectivity index (χ0v) is 6.80. The van der Waals surface area contributed by atoms with Crippen molar-refractivity contribution in [1.82, 2.24) is 5.32 Å². The van der Waals surface area contributed by atoms with E-state index < -0.39 is 0 Å². The standard InChI is InChI=1S/C10H13N/c1-9-7-5-3-4-6-8-11-10(9)2/h3,5-8,11H,2,4H2,1H3/b5-3-,8-6-,9-7-. The maximum absolute atomic E-state index is 3.87. The first-order chi connectivity index (χ1) is 5.30. The molecule has 1 heterocycles. The average molecular weight is 147 g/mol. The minimum atomic E-state index is 0.966. The molecule has 1 aliphatic rings. The molecule has 0 fully saturated rings. The summed E-state index contributed by atoms with van der Waals surface area (Å²) >= 11 is 0. The van der Waals surface area contributed by atoms with Gasteiger partial charge in [0, 0.05) is 5.70 Å². The van der Waals surface area contributed by atoms with E-state index >= 15 is 0 Å². The second kappa shape index (κ2) is 3.81. The molecule has 0 spiro atoms. The molecule has 0 radical (unpaired) electrons. The fraction of sp³-hybridized carbons (Fsp3) is 0.200. The maximum Gasteiger partial charge on any atom is 0.0336 e. The summed E-state index contributed by atoms with van der Waals surface area (Å²) in [6, 6.07) is 0. The fourth-order valence-corrected chi connectivity index (χ4v) is 0.812. The lowest BCUT2D eigenvalue weighted by Gasteiger charge is -2.03. The molecule has 0 aliphatic carbocycles. The van der Waals surface area contributed by atoms with Crippen LogP contribution in [-0.2, 0) is 0 Å². The Labute approximate surface area is 67.8 Å². The minimum absolute atomic E-state index is 0.966. The van der Waals surface area contributed by atoms with Crippen LogP contribution in [0.25, 0.3) is 0 Å². The van der Waals surface area contributed by atoms with E-state index in [1.165, 1.54) is 5.57 Å². The van der Waals surface area contributed by atoms with Gasteiger partial charge < -0.3 is 5.32 Å². The van der Waals surface area contributed by atoms with Gasteiger partial charge in [0.25, 0.3) is 0 Å². The predicted molar refractivity (Wildman–Crippen MR) is 48.9 cm³/mol. The van der Waals surface area contributed by atoms with Crippen molar-refractivity contribution < 1.29 is 0 Å². The number of hydrogen-bond acceptors (Lipinski definition) is 1. The van der Waals surface area contributed by atoms with Gasteiger partial charge in [0.2, 0.25) is 0 Å². The molecule has 0 saturated carbocycles. The summed E-state index contributed by atoms with van der Waals surface area (Å²) < 4.78 is 0. The summed E-state index contributed by atoms with van der Waals surface area (Å²) in [5.41, 5.74) is 2.14. The van der Waals surface area contributed by atoms with Crippen molar-refractivity contribution in [3.8, 4) is 0 Å². The van der Waals surface area contributed by atoms with Crippen LogP contribution in [-0.4, -0.2) is 0 Å². The largest absolute Gasteiger partial charge is 0.362 e. The maximum atomic E-state index is 3.87. The molecule has 0 atom stereocenters. The summed E-state index contributed by atoms with van der Waals surface area (Å²) in [5, 5.41) is 3.09. The highest BCUT2D eigenvalue weighted by atomic mass is 14.8. The Balaban J connectivity index is 2.77.